The van der Waals surface area contributed by atoms with E-state index in [0.29, 0.717) is 15.7 Å². The van der Waals surface area contributed by atoms with Crippen molar-refractivity contribution in [2.75, 3.05) is 11.1 Å². The number of hydrogen-bond acceptors (Lipinski definition) is 3. The van der Waals surface area contributed by atoms with E-state index in [1.807, 2.05) is 0 Å². The van der Waals surface area contributed by atoms with Crippen LogP contribution in [0.5, 0.6) is 0 Å². The maximum Gasteiger partial charge on any atom is 0.337 e. The molecule has 0 bridgehead atoms. The van der Waals surface area contributed by atoms with E-state index in [0.717, 1.165) is 0 Å². The average Bonchev–Trinajstić information content (AvgIpc) is 2.38. The van der Waals surface area contributed by atoms with Crippen LogP contribution in [-0.4, -0.2) is 17.0 Å². The zero-order chi connectivity index (χ0) is 14.7. The van der Waals surface area contributed by atoms with E-state index < -0.39 is 11.9 Å². The summed E-state index contributed by atoms with van der Waals surface area (Å²) in [5.74, 6) is -1.57. The summed E-state index contributed by atoms with van der Waals surface area (Å²) in [4.78, 5) is 23.2. The smallest absolute Gasteiger partial charge is 0.337 e. The summed E-state index contributed by atoms with van der Waals surface area (Å²) in [6, 6.07) is 11.1. The third-order valence-electron chi connectivity index (χ3n) is 2.67. The van der Waals surface area contributed by atoms with Crippen LogP contribution >= 0.6 is 15.9 Å². The fourth-order valence-electron chi connectivity index (χ4n) is 1.70. The van der Waals surface area contributed by atoms with Crippen molar-refractivity contribution in [3.05, 3.63) is 58.1 Å². The molecule has 0 aliphatic rings. The molecule has 0 aliphatic carbocycles. The number of para-hydroxylation sites is 1. The number of nitrogens with two attached hydrogens (primary N) is 1. The van der Waals surface area contributed by atoms with E-state index in [-0.39, 0.29) is 11.3 Å². The van der Waals surface area contributed by atoms with Gasteiger partial charge in [0.2, 0.25) is 0 Å². The number of carboxylic acids is 1. The molecule has 102 valence electrons. The summed E-state index contributed by atoms with van der Waals surface area (Å²) in [6.45, 7) is 0. The van der Waals surface area contributed by atoms with Crippen molar-refractivity contribution in [3.8, 4) is 0 Å². The Morgan fingerprint density at radius 1 is 1.10 bits per heavy atom. The molecule has 0 saturated heterocycles. The molecule has 0 atom stereocenters. The molecule has 0 saturated carbocycles. The minimum atomic E-state index is -1.12. The number of carboxylic acid groups (broad SMARTS) is 1. The predicted octanol–water partition coefficient (Wildman–Crippen LogP) is 2.98. The number of benzene rings is 2. The minimum absolute atomic E-state index is 0.0102. The molecule has 6 heteroatoms. The van der Waals surface area contributed by atoms with E-state index in [9.17, 15) is 9.59 Å². The van der Waals surface area contributed by atoms with Gasteiger partial charge >= 0.3 is 5.97 Å². The van der Waals surface area contributed by atoms with Gasteiger partial charge in [0.15, 0.2) is 0 Å². The van der Waals surface area contributed by atoms with Gasteiger partial charge in [0, 0.05) is 10.2 Å². The average molecular weight is 335 g/mol. The maximum atomic E-state index is 12.1. The summed E-state index contributed by atoms with van der Waals surface area (Å²) in [5.41, 5.74) is 6.56. The van der Waals surface area contributed by atoms with Gasteiger partial charge in [0.25, 0.3) is 5.91 Å². The number of hydrogen-bond donors (Lipinski definition) is 3. The zero-order valence-electron chi connectivity index (χ0n) is 10.3. The van der Waals surface area contributed by atoms with Gasteiger partial charge in [-0.1, -0.05) is 28.1 Å². The SMILES string of the molecule is Nc1ccccc1C(=O)Nc1cc(Br)ccc1C(=O)O. The quantitative estimate of drug-likeness (QED) is 0.752. The van der Waals surface area contributed by atoms with E-state index in [2.05, 4.69) is 21.2 Å². The molecule has 2 rings (SSSR count). The van der Waals surface area contributed by atoms with Crippen LogP contribution in [0.1, 0.15) is 20.7 Å². The molecule has 4 N–H and O–H groups in total. The summed E-state index contributed by atoms with van der Waals surface area (Å²) in [6.07, 6.45) is 0. The van der Waals surface area contributed by atoms with Gasteiger partial charge in [-0.2, -0.15) is 0 Å². The van der Waals surface area contributed by atoms with Crippen LogP contribution in [-0.2, 0) is 0 Å². The largest absolute Gasteiger partial charge is 0.478 e. The van der Waals surface area contributed by atoms with Gasteiger partial charge < -0.3 is 16.2 Å². The topological polar surface area (TPSA) is 92.4 Å². The van der Waals surface area contributed by atoms with Crippen molar-refractivity contribution < 1.29 is 14.7 Å². The van der Waals surface area contributed by atoms with E-state index in [4.69, 9.17) is 10.8 Å². The Labute approximate surface area is 123 Å². The fourth-order valence-corrected chi connectivity index (χ4v) is 2.06. The Morgan fingerprint density at radius 3 is 2.45 bits per heavy atom. The van der Waals surface area contributed by atoms with Crippen LogP contribution in [0.25, 0.3) is 0 Å². The van der Waals surface area contributed by atoms with E-state index >= 15 is 0 Å². The second kappa shape index (κ2) is 5.75. The summed E-state index contributed by atoms with van der Waals surface area (Å²) < 4.78 is 0.666. The number of aromatic carboxylic acids is 1. The molecule has 0 spiro atoms. The molecule has 0 unspecified atom stereocenters. The molecule has 0 aliphatic heterocycles. The van der Waals surface area contributed by atoms with Gasteiger partial charge in [-0.15, -0.1) is 0 Å². The predicted molar refractivity (Wildman–Crippen MR) is 79.9 cm³/mol. The maximum absolute atomic E-state index is 12.1. The third-order valence-corrected chi connectivity index (χ3v) is 3.16. The van der Waals surface area contributed by atoms with Crippen LogP contribution in [0.3, 0.4) is 0 Å². The molecule has 2 aromatic carbocycles. The summed E-state index contributed by atoms with van der Waals surface area (Å²) in [5, 5.41) is 11.7. The first-order chi connectivity index (χ1) is 9.49. The van der Waals surface area contributed by atoms with Gasteiger partial charge in [-0.05, 0) is 30.3 Å². The zero-order valence-corrected chi connectivity index (χ0v) is 11.8. The number of halogens is 1. The molecule has 0 radical (unpaired) electrons. The lowest BCUT2D eigenvalue weighted by Crippen LogP contribution is -2.16. The Balaban J connectivity index is 2.35. The molecule has 0 aromatic heterocycles. The van der Waals surface area contributed by atoms with Crippen molar-refractivity contribution in [3.63, 3.8) is 0 Å². The van der Waals surface area contributed by atoms with E-state index in [1.54, 1.807) is 30.3 Å². The van der Waals surface area contributed by atoms with Gasteiger partial charge in [0.1, 0.15) is 0 Å². The highest BCUT2D eigenvalue weighted by molar-refractivity contribution is 9.10. The van der Waals surface area contributed by atoms with Crippen molar-refractivity contribution in [1.82, 2.24) is 0 Å². The summed E-state index contributed by atoms with van der Waals surface area (Å²) in [7, 11) is 0. The summed E-state index contributed by atoms with van der Waals surface area (Å²) >= 11 is 3.24. The highest BCUT2D eigenvalue weighted by Crippen LogP contribution is 2.23. The minimum Gasteiger partial charge on any atom is -0.478 e. The molecular formula is C14H11BrN2O3. The van der Waals surface area contributed by atoms with Crippen LogP contribution in [0.15, 0.2) is 46.9 Å². The number of anilines is 2. The first-order valence-corrected chi connectivity index (χ1v) is 6.47. The Kier molecular flexibility index (Phi) is 4.05. The van der Waals surface area contributed by atoms with Crippen LogP contribution in [0, 0.1) is 0 Å². The number of carbonyl (C=O) groups excluding carboxylic acids is 1. The highest BCUT2D eigenvalue weighted by atomic mass is 79.9. The highest BCUT2D eigenvalue weighted by Gasteiger charge is 2.15. The Morgan fingerprint density at radius 2 is 1.80 bits per heavy atom. The second-order valence-corrected chi connectivity index (χ2v) is 4.95. The third kappa shape index (κ3) is 2.97. The number of rotatable bonds is 3. The van der Waals surface area contributed by atoms with Crippen LogP contribution in [0.4, 0.5) is 11.4 Å². The molecule has 0 heterocycles. The van der Waals surface area contributed by atoms with Gasteiger partial charge in [-0.25, -0.2) is 4.79 Å². The molecule has 20 heavy (non-hydrogen) atoms. The van der Waals surface area contributed by atoms with Crippen molar-refractivity contribution in [1.29, 1.82) is 0 Å². The number of nitrogens with one attached hydrogen (secondary N) is 1. The lowest BCUT2D eigenvalue weighted by Gasteiger charge is -2.10. The van der Waals surface area contributed by atoms with Crippen molar-refractivity contribution >= 4 is 39.2 Å². The monoisotopic (exact) mass is 334 g/mol. The molecule has 1 amide bonds. The molecule has 0 fully saturated rings. The number of carbonyl (C=O) groups is 2. The first-order valence-electron chi connectivity index (χ1n) is 5.67. The Hall–Kier alpha value is -2.34. The normalized spacial score (nSPS) is 10.1. The van der Waals surface area contributed by atoms with Crippen molar-refractivity contribution in [2.24, 2.45) is 0 Å². The molecule has 5 nitrogen and oxygen atoms in total. The standard InChI is InChI=1S/C14H11BrN2O3/c15-8-5-6-10(14(19)20)12(7-8)17-13(18)9-3-1-2-4-11(9)16/h1-7H,16H2,(H,17,18)(H,19,20). The van der Waals surface area contributed by atoms with Crippen LogP contribution < -0.4 is 11.1 Å². The first kappa shape index (κ1) is 14.1. The van der Waals surface area contributed by atoms with Crippen LogP contribution in [0.2, 0.25) is 0 Å². The molecular weight excluding hydrogens is 324 g/mol. The number of amides is 1. The van der Waals surface area contributed by atoms with Gasteiger partial charge in [-0.3, -0.25) is 4.79 Å². The Bertz CT molecular complexity index is 686. The molecule has 2 aromatic rings. The van der Waals surface area contributed by atoms with E-state index in [1.165, 1.54) is 12.1 Å². The van der Waals surface area contributed by atoms with Gasteiger partial charge in [0.05, 0.1) is 16.8 Å². The lowest BCUT2D eigenvalue weighted by atomic mass is 10.1. The van der Waals surface area contributed by atoms with Crippen molar-refractivity contribution in [2.45, 2.75) is 0 Å². The number of nitrogen functional groups attached to an aromatic ring is 1. The lowest BCUT2D eigenvalue weighted by molar-refractivity contribution is 0.0698. The second-order valence-electron chi connectivity index (χ2n) is 4.04. The fraction of sp³-hybridized carbons (Fsp3) is 0.